The normalized spacial score (nSPS) is 13.1. The number of hydrogen-bond donors (Lipinski definition) is 2. The molecule has 4 aromatic rings. The number of carbonyl (C=O) groups is 2. The number of benzene rings is 2. The standard InChI is InChI=1S/C17H21N3O2S.C11H11N3O2S/c1-22-14-9-5-6-12(10-14)11-15(21)18-17-20-19-16(23-17)13-7-3-2-4-8-13;1-16-9-4-2-3-8(5-9)6-10(15)13-11-14-12-7-17-11/h5-6,9-10,13H,2-4,7-8,11H2,1H3,(H,18,20,21);2-5,7H,6H2,1H3,(H,13,14,15). The zero-order valence-corrected chi connectivity index (χ0v) is 24.1. The Morgan fingerprint density at radius 1 is 0.825 bits per heavy atom. The first-order chi connectivity index (χ1) is 19.5. The van der Waals surface area contributed by atoms with E-state index in [1.54, 1.807) is 19.7 Å². The predicted molar refractivity (Wildman–Crippen MR) is 156 cm³/mol. The van der Waals surface area contributed by atoms with Crippen LogP contribution in [0.25, 0.3) is 0 Å². The fraction of sp³-hybridized carbons (Fsp3) is 0.357. The number of ether oxygens (including phenoxy) is 2. The van der Waals surface area contributed by atoms with Crippen molar-refractivity contribution in [3.63, 3.8) is 0 Å². The van der Waals surface area contributed by atoms with E-state index in [1.165, 1.54) is 54.8 Å². The van der Waals surface area contributed by atoms with Gasteiger partial charge in [-0.15, -0.1) is 20.4 Å². The van der Waals surface area contributed by atoms with E-state index in [1.807, 2.05) is 48.5 Å². The van der Waals surface area contributed by atoms with Crippen LogP contribution in [0.2, 0.25) is 0 Å². The molecule has 0 aliphatic heterocycles. The Hall–Kier alpha value is -3.90. The summed E-state index contributed by atoms with van der Waals surface area (Å²) in [4.78, 5) is 23.8. The molecular weight excluding hydrogens is 548 g/mol. The van der Waals surface area contributed by atoms with Crippen molar-refractivity contribution >= 4 is 44.8 Å². The van der Waals surface area contributed by atoms with E-state index in [0.717, 1.165) is 27.6 Å². The summed E-state index contributed by atoms with van der Waals surface area (Å²) in [5.41, 5.74) is 3.38. The van der Waals surface area contributed by atoms with Gasteiger partial charge in [-0.25, -0.2) is 0 Å². The van der Waals surface area contributed by atoms with Crippen molar-refractivity contribution in [2.45, 2.75) is 50.9 Å². The third-order valence-electron chi connectivity index (χ3n) is 6.25. The van der Waals surface area contributed by atoms with Crippen LogP contribution < -0.4 is 20.1 Å². The van der Waals surface area contributed by atoms with Crippen LogP contribution in [0, 0.1) is 0 Å². The summed E-state index contributed by atoms with van der Waals surface area (Å²) >= 11 is 2.80. The van der Waals surface area contributed by atoms with Crippen molar-refractivity contribution in [3.05, 3.63) is 70.2 Å². The molecule has 0 spiro atoms. The molecule has 1 aliphatic rings. The van der Waals surface area contributed by atoms with Gasteiger partial charge in [0.1, 0.15) is 22.0 Å². The largest absolute Gasteiger partial charge is 0.497 e. The molecule has 2 amide bonds. The number of hydrogen-bond acceptors (Lipinski definition) is 10. The number of rotatable bonds is 9. The van der Waals surface area contributed by atoms with Gasteiger partial charge in [-0.2, -0.15) is 0 Å². The highest BCUT2D eigenvalue weighted by atomic mass is 32.1. The van der Waals surface area contributed by atoms with Gasteiger partial charge >= 0.3 is 0 Å². The molecule has 0 radical (unpaired) electrons. The molecule has 0 bridgehead atoms. The smallest absolute Gasteiger partial charge is 0.230 e. The number of amides is 2. The molecule has 5 rings (SSSR count). The van der Waals surface area contributed by atoms with E-state index in [-0.39, 0.29) is 18.2 Å². The Balaban J connectivity index is 0.000000194. The van der Waals surface area contributed by atoms with Crippen molar-refractivity contribution in [1.29, 1.82) is 0 Å². The molecule has 10 nitrogen and oxygen atoms in total. The molecule has 12 heteroatoms. The third kappa shape index (κ3) is 9.09. The lowest BCUT2D eigenvalue weighted by atomic mass is 9.90. The van der Waals surface area contributed by atoms with Gasteiger partial charge in [-0.3, -0.25) is 9.59 Å². The maximum absolute atomic E-state index is 12.2. The molecule has 40 heavy (non-hydrogen) atoms. The molecule has 2 aromatic heterocycles. The lowest BCUT2D eigenvalue weighted by Crippen LogP contribution is -2.14. The van der Waals surface area contributed by atoms with Crippen LogP contribution in [0.5, 0.6) is 11.5 Å². The Bertz CT molecular complexity index is 1370. The van der Waals surface area contributed by atoms with Crippen LogP contribution in [0.1, 0.15) is 54.2 Å². The second-order valence-electron chi connectivity index (χ2n) is 9.18. The molecule has 1 aliphatic carbocycles. The minimum absolute atomic E-state index is 0.0791. The lowest BCUT2D eigenvalue weighted by Gasteiger charge is -2.18. The minimum Gasteiger partial charge on any atom is -0.497 e. The van der Waals surface area contributed by atoms with Gasteiger partial charge in [0.05, 0.1) is 27.1 Å². The Labute approximate surface area is 241 Å². The second-order valence-corrected chi connectivity index (χ2v) is 11.0. The highest BCUT2D eigenvalue weighted by Gasteiger charge is 2.20. The van der Waals surface area contributed by atoms with Gasteiger partial charge in [-0.05, 0) is 48.2 Å². The maximum Gasteiger partial charge on any atom is 0.230 e. The SMILES string of the molecule is COc1cccc(CC(=O)Nc2nnc(C3CCCCC3)s2)c1.COc1cccc(CC(=O)Nc2nncs2)c1. The van der Waals surface area contributed by atoms with Gasteiger partial charge in [0, 0.05) is 5.92 Å². The van der Waals surface area contributed by atoms with Crippen LogP contribution in [-0.4, -0.2) is 46.4 Å². The number of aromatic nitrogens is 4. The van der Waals surface area contributed by atoms with Crippen molar-refractivity contribution in [1.82, 2.24) is 20.4 Å². The van der Waals surface area contributed by atoms with E-state index >= 15 is 0 Å². The molecule has 1 saturated carbocycles. The van der Waals surface area contributed by atoms with Crippen LogP contribution in [0.4, 0.5) is 10.3 Å². The Morgan fingerprint density at radius 3 is 1.98 bits per heavy atom. The van der Waals surface area contributed by atoms with Crippen LogP contribution in [-0.2, 0) is 22.4 Å². The van der Waals surface area contributed by atoms with Crippen molar-refractivity contribution in [3.8, 4) is 11.5 Å². The predicted octanol–water partition coefficient (Wildman–Crippen LogP) is 5.50. The third-order valence-corrected chi connectivity index (χ3v) is 7.85. The number of carbonyl (C=O) groups excluding carboxylic acids is 2. The number of anilines is 2. The molecule has 2 N–H and O–H groups in total. The van der Waals surface area contributed by atoms with Gasteiger partial charge in [0.25, 0.3) is 0 Å². The molecular formula is C28H32N6O4S2. The summed E-state index contributed by atoms with van der Waals surface area (Å²) < 4.78 is 10.3. The molecule has 210 valence electrons. The molecule has 2 aromatic carbocycles. The summed E-state index contributed by atoms with van der Waals surface area (Å²) in [6.07, 6.45) is 6.81. The average Bonchev–Trinajstić information content (AvgIpc) is 3.66. The van der Waals surface area contributed by atoms with E-state index < -0.39 is 0 Å². The van der Waals surface area contributed by atoms with Crippen molar-refractivity contribution < 1.29 is 19.1 Å². The van der Waals surface area contributed by atoms with Gasteiger partial charge in [-0.1, -0.05) is 66.2 Å². The van der Waals surface area contributed by atoms with Crippen molar-refractivity contribution in [2.75, 3.05) is 24.9 Å². The van der Waals surface area contributed by atoms with Crippen LogP contribution in [0.3, 0.4) is 0 Å². The average molecular weight is 581 g/mol. The fourth-order valence-corrected chi connectivity index (χ4v) is 5.68. The first-order valence-corrected chi connectivity index (χ1v) is 14.7. The van der Waals surface area contributed by atoms with E-state index in [2.05, 4.69) is 31.0 Å². The fourth-order valence-electron chi connectivity index (χ4n) is 4.29. The maximum atomic E-state index is 12.2. The first-order valence-electron chi connectivity index (χ1n) is 13.0. The highest BCUT2D eigenvalue weighted by molar-refractivity contribution is 7.15. The summed E-state index contributed by atoms with van der Waals surface area (Å²) in [6.45, 7) is 0. The Morgan fingerprint density at radius 2 is 1.43 bits per heavy atom. The summed E-state index contributed by atoms with van der Waals surface area (Å²) in [5, 5.41) is 23.5. The quantitative estimate of drug-likeness (QED) is 0.265. The monoisotopic (exact) mass is 580 g/mol. The molecule has 1 fully saturated rings. The molecule has 0 unspecified atom stereocenters. The van der Waals surface area contributed by atoms with E-state index in [4.69, 9.17) is 9.47 Å². The zero-order chi connectivity index (χ0) is 28.2. The highest BCUT2D eigenvalue weighted by Crippen LogP contribution is 2.35. The minimum atomic E-state index is -0.116. The van der Waals surface area contributed by atoms with Crippen LogP contribution in [0.15, 0.2) is 54.0 Å². The molecule has 0 saturated heterocycles. The first kappa shape index (κ1) is 29.1. The van der Waals surface area contributed by atoms with Gasteiger partial charge in [0.2, 0.25) is 22.1 Å². The Kier molecular flexibility index (Phi) is 10.9. The van der Waals surface area contributed by atoms with E-state index in [9.17, 15) is 9.59 Å². The summed E-state index contributed by atoms with van der Waals surface area (Å²) in [7, 11) is 3.22. The molecule has 0 atom stereocenters. The number of methoxy groups -OCH3 is 2. The van der Waals surface area contributed by atoms with Gasteiger partial charge < -0.3 is 20.1 Å². The zero-order valence-electron chi connectivity index (χ0n) is 22.5. The van der Waals surface area contributed by atoms with E-state index in [0.29, 0.717) is 22.6 Å². The number of nitrogens with zero attached hydrogens (tertiary/aromatic N) is 4. The lowest BCUT2D eigenvalue weighted by molar-refractivity contribution is -0.116. The van der Waals surface area contributed by atoms with Gasteiger partial charge in [0.15, 0.2) is 0 Å². The number of nitrogens with one attached hydrogen (secondary N) is 2. The molecule has 2 heterocycles. The summed E-state index contributed by atoms with van der Waals surface area (Å²) in [5.74, 6) is 1.82. The second kappa shape index (κ2) is 15.0. The summed E-state index contributed by atoms with van der Waals surface area (Å²) in [6, 6.07) is 14.9. The van der Waals surface area contributed by atoms with Crippen LogP contribution >= 0.6 is 22.7 Å². The topological polar surface area (TPSA) is 128 Å². The van der Waals surface area contributed by atoms with Crippen molar-refractivity contribution in [2.24, 2.45) is 0 Å².